The Bertz CT molecular complexity index is 422. The van der Waals surface area contributed by atoms with Gasteiger partial charge in [-0.25, -0.2) is 5.01 Å². The first kappa shape index (κ1) is 14.2. The average molecular weight is 249 g/mol. The molecule has 0 spiro atoms. The zero-order valence-electron chi connectivity index (χ0n) is 10.8. The molecular weight excluding hydrogens is 230 g/mol. The van der Waals surface area contributed by atoms with Crippen molar-refractivity contribution in [2.75, 3.05) is 6.54 Å². The number of primary amides is 1. The summed E-state index contributed by atoms with van der Waals surface area (Å²) in [6.07, 6.45) is 7.48. The van der Waals surface area contributed by atoms with Crippen LogP contribution in [0, 0.1) is 0 Å². The van der Waals surface area contributed by atoms with Gasteiger partial charge >= 0.3 is 0 Å². The molecule has 1 rings (SSSR count). The third-order valence-electron chi connectivity index (χ3n) is 2.57. The number of rotatable bonds is 5. The molecule has 0 unspecified atom stereocenters. The van der Waals surface area contributed by atoms with Crippen molar-refractivity contribution in [1.82, 2.24) is 5.01 Å². The highest BCUT2D eigenvalue weighted by Crippen LogP contribution is 2.09. The smallest absolute Gasteiger partial charge is 0.264 e. The maximum absolute atomic E-state index is 11.6. The number of allylic oxidation sites excluding steroid dienone is 3. The van der Waals surface area contributed by atoms with E-state index in [-0.39, 0.29) is 11.6 Å². The summed E-state index contributed by atoms with van der Waals surface area (Å²) in [6, 6.07) is 0. The van der Waals surface area contributed by atoms with Crippen molar-refractivity contribution in [3.8, 4) is 0 Å². The molecule has 0 bridgehead atoms. The van der Waals surface area contributed by atoms with Crippen molar-refractivity contribution in [3.63, 3.8) is 0 Å². The minimum Gasteiger partial charge on any atom is -0.364 e. The van der Waals surface area contributed by atoms with E-state index in [1.165, 1.54) is 5.01 Å². The highest BCUT2D eigenvalue weighted by atomic mass is 16.2. The Balaban J connectivity index is 2.65. The quantitative estimate of drug-likeness (QED) is 0.747. The van der Waals surface area contributed by atoms with Gasteiger partial charge < -0.3 is 5.73 Å². The molecule has 5 nitrogen and oxygen atoms in total. The third kappa shape index (κ3) is 4.16. The van der Waals surface area contributed by atoms with Gasteiger partial charge in [-0.05, 0) is 13.3 Å². The SMILES string of the molecule is CCC=C(C)C=CCN1N=C(C(N)=O)CCC1=O. The summed E-state index contributed by atoms with van der Waals surface area (Å²) >= 11 is 0. The van der Waals surface area contributed by atoms with Crippen LogP contribution < -0.4 is 5.73 Å². The number of carbonyl (C=O) groups is 2. The Morgan fingerprint density at radius 1 is 1.50 bits per heavy atom. The lowest BCUT2D eigenvalue weighted by Crippen LogP contribution is -2.36. The zero-order chi connectivity index (χ0) is 13.5. The molecule has 98 valence electrons. The van der Waals surface area contributed by atoms with Crippen molar-refractivity contribution < 1.29 is 9.59 Å². The summed E-state index contributed by atoms with van der Waals surface area (Å²) in [7, 11) is 0. The zero-order valence-corrected chi connectivity index (χ0v) is 10.8. The largest absolute Gasteiger partial charge is 0.364 e. The molecule has 0 saturated heterocycles. The number of hydrogen-bond acceptors (Lipinski definition) is 3. The van der Waals surface area contributed by atoms with Gasteiger partial charge in [0.25, 0.3) is 5.91 Å². The number of hydrazone groups is 1. The molecule has 0 radical (unpaired) electrons. The standard InChI is InChI=1S/C13H19N3O2/c1-3-5-10(2)6-4-9-16-12(17)8-7-11(15-16)13(14)18/h4-6H,3,7-9H2,1-2H3,(H2,14,18). The minimum atomic E-state index is -0.557. The summed E-state index contributed by atoms with van der Waals surface area (Å²) in [5, 5.41) is 5.25. The second-order valence-corrected chi connectivity index (χ2v) is 4.15. The van der Waals surface area contributed by atoms with Gasteiger partial charge in [0.15, 0.2) is 0 Å². The minimum absolute atomic E-state index is 0.0817. The van der Waals surface area contributed by atoms with Crippen LogP contribution in [0.25, 0.3) is 0 Å². The molecule has 1 aliphatic heterocycles. The van der Waals surface area contributed by atoms with Gasteiger partial charge in [-0.15, -0.1) is 0 Å². The molecule has 0 aliphatic carbocycles. The van der Waals surface area contributed by atoms with Crippen LogP contribution in [0.1, 0.15) is 33.1 Å². The normalized spacial score (nSPS) is 17.2. The first-order valence-corrected chi connectivity index (χ1v) is 6.05. The van der Waals surface area contributed by atoms with E-state index in [1.54, 1.807) is 0 Å². The van der Waals surface area contributed by atoms with Crippen LogP contribution in [0.4, 0.5) is 0 Å². The van der Waals surface area contributed by atoms with Crippen LogP contribution in [0.3, 0.4) is 0 Å². The van der Waals surface area contributed by atoms with Crippen LogP contribution in [0.5, 0.6) is 0 Å². The lowest BCUT2D eigenvalue weighted by Gasteiger charge is -2.20. The van der Waals surface area contributed by atoms with Crippen molar-refractivity contribution in [2.24, 2.45) is 10.8 Å². The van der Waals surface area contributed by atoms with E-state index in [4.69, 9.17) is 5.73 Å². The van der Waals surface area contributed by atoms with Crippen molar-refractivity contribution >= 4 is 17.5 Å². The van der Waals surface area contributed by atoms with E-state index in [0.29, 0.717) is 19.4 Å². The molecule has 0 atom stereocenters. The molecule has 1 heterocycles. The van der Waals surface area contributed by atoms with Gasteiger partial charge in [0.2, 0.25) is 5.91 Å². The highest BCUT2D eigenvalue weighted by molar-refractivity contribution is 6.38. The molecule has 18 heavy (non-hydrogen) atoms. The van der Waals surface area contributed by atoms with Crippen LogP contribution in [0.2, 0.25) is 0 Å². The monoisotopic (exact) mass is 249 g/mol. The first-order valence-electron chi connectivity index (χ1n) is 6.05. The van der Waals surface area contributed by atoms with E-state index in [1.807, 2.05) is 19.1 Å². The topological polar surface area (TPSA) is 75.8 Å². The molecule has 2 N–H and O–H groups in total. The van der Waals surface area contributed by atoms with Crippen molar-refractivity contribution in [3.05, 3.63) is 23.8 Å². The van der Waals surface area contributed by atoms with Crippen molar-refractivity contribution in [2.45, 2.75) is 33.1 Å². The molecular formula is C13H19N3O2. The van der Waals surface area contributed by atoms with E-state index in [0.717, 1.165) is 12.0 Å². The number of amides is 2. The fourth-order valence-electron chi connectivity index (χ4n) is 1.65. The van der Waals surface area contributed by atoms with Crippen molar-refractivity contribution in [1.29, 1.82) is 0 Å². The predicted octanol–water partition coefficient (Wildman–Crippen LogP) is 1.36. The summed E-state index contributed by atoms with van der Waals surface area (Å²) in [4.78, 5) is 22.6. The number of hydrogen-bond donors (Lipinski definition) is 1. The average Bonchev–Trinajstić information content (AvgIpc) is 2.31. The molecule has 0 aromatic heterocycles. The number of nitrogens with zero attached hydrogens (tertiary/aromatic N) is 2. The number of nitrogens with two attached hydrogens (primary N) is 1. The van der Waals surface area contributed by atoms with Gasteiger partial charge in [-0.3, -0.25) is 9.59 Å². The summed E-state index contributed by atoms with van der Waals surface area (Å²) in [5.74, 6) is -0.639. The third-order valence-corrected chi connectivity index (χ3v) is 2.57. The second kappa shape index (κ2) is 6.74. The van der Waals surface area contributed by atoms with E-state index in [9.17, 15) is 9.59 Å². The molecule has 0 saturated carbocycles. The van der Waals surface area contributed by atoms with E-state index < -0.39 is 5.91 Å². The van der Waals surface area contributed by atoms with Gasteiger partial charge in [0.05, 0.1) is 6.54 Å². The lowest BCUT2D eigenvalue weighted by molar-refractivity contribution is -0.131. The van der Waals surface area contributed by atoms with Gasteiger partial charge in [0.1, 0.15) is 5.71 Å². The summed E-state index contributed by atoms with van der Waals surface area (Å²) < 4.78 is 0. The maximum Gasteiger partial charge on any atom is 0.264 e. The molecule has 5 heteroatoms. The van der Waals surface area contributed by atoms with E-state index >= 15 is 0 Å². The maximum atomic E-state index is 11.6. The molecule has 0 aromatic rings. The Kier molecular flexibility index (Phi) is 5.30. The first-order chi connectivity index (χ1) is 8.54. The fraction of sp³-hybridized carbons (Fsp3) is 0.462. The van der Waals surface area contributed by atoms with Crippen LogP contribution in [-0.4, -0.2) is 29.1 Å². The highest BCUT2D eigenvalue weighted by Gasteiger charge is 2.21. The fourth-order valence-corrected chi connectivity index (χ4v) is 1.65. The predicted molar refractivity (Wildman–Crippen MR) is 70.8 cm³/mol. The molecule has 0 aromatic carbocycles. The number of carbonyl (C=O) groups excluding carboxylic acids is 2. The Hall–Kier alpha value is -1.91. The molecule has 0 fully saturated rings. The van der Waals surface area contributed by atoms with Gasteiger partial charge in [0, 0.05) is 12.8 Å². The Morgan fingerprint density at radius 2 is 2.22 bits per heavy atom. The molecule has 2 amide bonds. The summed E-state index contributed by atoms with van der Waals surface area (Å²) in [5.41, 5.74) is 6.56. The van der Waals surface area contributed by atoms with E-state index in [2.05, 4.69) is 18.1 Å². The van der Waals surface area contributed by atoms with Crippen LogP contribution in [0.15, 0.2) is 28.9 Å². The Morgan fingerprint density at radius 3 is 2.83 bits per heavy atom. The van der Waals surface area contributed by atoms with Gasteiger partial charge in [-0.2, -0.15) is 5.10 Å². The van der Waals surface area contributed by atoms with Gasteiger partial charge in [-0.1, -0.05) is 30.7 Å². The van der Waals surface area contributed by atoms with Crippen LogP contribution in [-0.2, 0) is 9.59 Å². The lowest BCUT2D eigenvalue weighted by atomic mass is 10.1. The molecule has 1 aliphatic rings. The van der Waals surface area contributed by atoms with Crippen LogP contribution >= 0.6 is 0 Å². The second-order valence-electron chi connectivity index (χ2n) is 4.15. The summed E-state index contributed by atoms with van der Waals surface area (Å²) in [6.45, 7) is 4.43. The Labute approximate surface area is 107 Å².